The molecule has 0 atom stereocenters. The first-order chi connectivity index (χ1) is 9.04. The monoisotopic (exact) mass is 301 g/mol. The minimum atomic E-state index is -0.491. The number of hydrogen-bond donors (Lipinski definition) is 2. The molecule has 0 spiro atoms. The molecule has 0 bridgehead atoms. The van der Waals surface area contributed by atoms with E-state index in [1.165, 1.54) is 0 Å². The summed E-state index contributed by atoms with van der Waals surface area (Å²) in [6.45, 7) is 1.32. The van der Waals surface area contributed by atoms with Crippen molar-refractivity contribution in [3.63, 3.8) is 0 Å². The number of nitrogens with zero attached hydrogens (tertiary/aromatic N) is 1. The smallest absolute Gasteiger partial charge is 0.260 e. The number of rotatable bonds is 7. The van der Waals surface area contributed by atoms with Gasteiger partial charge in [0, 0.05) is 25.7 Å². The van der Waals surface area contributed by atoms with Gasteiger partial charge in [-0.1, -0.05) is 0 Å². The summed E-state index contributed by atoms with van der Waals surface area (Å²) < 4.78 is 5.34. The quantitative estimate of drug-likeness (QED) is 0.757. The highest BCUT2D eigenvalue weighted by Crippen LogP contribution is 2.11. The maximum absolute atomic E-state index is 11.7. The van der Waals surface area contributed by atoms with Crippen LogP contribution in [0.4, 0.5) is 0 Å². The van der Waals surface area contributed by atoms with Crippen LogP contribution in [0, 0.1) is 0 Å². The molecule has 0 fully saturated rings. The lowest BCUT2D eigenvalue weighted by Gasteiger charge is -2.17. The largest absolute Gasteiger partial charge is 0.484 e. The topological polar surface area (TPSA) is 84.7 Å². The second kappa shape index (κ2) is 9.17. The zero-order valence-corrected chi connectivity index (χ0v) is 12.4. The van der Waals surface area contributed by atoms with E-state index in [2.05, 4.69) is 5.32 Å². The van der Waals surface area contributed by atoms with Gasteiger partial charge in [-0.05, 0) is 31.3 Å². The van der Waals surface area contributed by atoms with E-state index >= 15 is 0 Å². The summed E-state index contributed by atoms with van der Waals surface area (Å²) in [6.07, 6.45) is 0. The SMILES string of the molecule is CNCCN(C)C(=O)COc1ccc(C(N)=O)cc1.Cl. The van der Waals surface area contributed by atoms with Crippen LogP contribution in [0.2, 0.25) is 0 Å². The first-order valence-corrected chi connectivity index (χ1v) is 5.96. The molecule has 0 aromatic heterocycles. The molecule has 6 nitrogen and oxygen atoms in total. The lowest BCUT2D eigenvalue weighted by Crippen LogP contribution is -2.35. The number of likely N-dealkylation sites (N-methyl/N-ethyl adjacent to an activating group) is 2. The van der Waals surface area contributed by atoms with E-state index in [4.69, 9.17) is 10.5 Å². The molecular weight excluding hydrogens is 282 g/mol. The van der Waals surface area contributed by atoms with E-state index in [0.29, 0.717) is 17.9 Å². The number of halogens is 1. The summed E-state index contributed by atoms with van der Waals surface area (Å²) in [5.41, 5.74) is 5.53. The van der Waals surface area contributed by atoms with Gasteiger partial charge in [0.05, 0.1) is 0 Å². The van der Waals surface area contributed by atoms with Crippen LogP contribution in [0.3, 0.4) is 0 Å². The maximum atomic E-state index is 11.7. The molecule has 0 radical (unpaired) electrons. The Morgan fingerprint density at radius 2 is 1.90 bits per heavy atom. The Bertz CT molecular complexity index is 437. The van der Waals surface area contributed by atoms with Crippen LogP contribution < -0.4 is 15.8 Å². The Morgan fingerprint density at radius 1 is 1.30 bits per heavy atom. The molecule has 0 aliphatic rings. The summed E-state index contributed by atoms with van der Waals surface area (Å²) in [5, 5.41) is 2.97. The number of ether oxygens (including phenoxy) is 1. The van der Waals surface area contributed by atoms with Crippen LogP contribution >= 0.6 is 12.4 Å². The van der Waals surface area contributed by atoms with E-state index in [0.717, 1.165) is 6.54 Å². The minimum absolute atomic E-state index is 0. The third-order valence-electron chi connectivity index (χ3n) is 2.62. The van der Waals surface area contributed by atoms with Gasteiger partial charge in [-0.3, -0.25) is 9.59 Å². The lowest BCUT2D eigenvalue weighted by molar-refractivity contribution is -0.131. The summed E-state index contributed by atoms with van der Waals surface area (Å²) in [6, 6.07) is 6.35. The van der Waals surface area contributed by atoms with Crippen molar-refractivity contribution < 1.29 is 14.3 Å². The molecule has 0 saturated heterocycles. The van der Waals surface area contributed by atoms with Gasteiger partial charge in [-0.15, -0.1) is 12.4 Å². The third kappa shape index (κ3) is 5.90. The summed E-state index contributed by atoms with van der Waals surface area (Å²) in [7, 11) is 3.55. The number of hydrogen-bond acceptors (Lipinski definition) is 4. The van der Waals surface area contributed by atoms with E-state index in [1.54, 1.807) is 36.2 Å². The molecule has 2 amide bonds. The minimum Gasteiger partial charge on any atom is -0.484 e. The van der Waals surface area contributed by atoms with Crippen molar-refractivity contribution in [2.24, 2.45) is 5.73 Å². The molecular formula is C13H20ClN3O3. The standard InChI is InChI=1S/C13H19N3O3.ClH/c1-15-7-8-16(2)12(17)9-19-11-5-3-10(4-6-11)13(14)18;/h3-6,15H,7-9H2,1-2H3,(H2,14,18);1H. The molecule has 7 heteroatoms. The number of carbonyl (C=O) groups is 2. The van der Waals surface area contributed by atoms with E-state index in [9.17, 15) is 9.59 Å². The zero-order valence-electron chi connectivity index (χ0n) is 11.6. The van der Waals surface area contributed by atoms with Gasteiger partial charge in [0.25, 0.3) is 5.91 Å². The summed E-state index contributed by atoms with van der Waals surface area (Å²) >= 11 is 0. The second-order valence-electron chi connectivity index (χ2n) is 4.10. The Labute approximate surface area is 124 Å². The molecule has 1 rings (SSSR count). The van der Waals surface area contributed by atoms with Crippen molar-refractivity contribution in [3.05, 3.63) is 29.8 Å². The van der Waals surface area contributed by atoms with Crippen LogP contribution in [0.25, 0.3) is 0 Å². The van der Waals surface area contributed by atoms with Crippen molar-refractivity contribution in [3.8, 4) is 5.75 Å². The molecule has 0 saturated carbocycles. The summed E-state index contributed by atoms with van der Waals surface area (Å²) in [4.78, 5) is 24.2. The van der Waals surface area contributed by atoms with E-state index in [1.807, 2.05) is 7.05 Å². The van der Waals surface area contributed by atoms with Crippen LogP contribution in [0.15, 0.2) is 24.3 Å². The van der Waals surface area contributed by atoms with E-state index in [-0.39, 0.29) is 24.9 Å². The molecule has 1 aromatic rings. The fourth-order valence-electron chi connectivity index (χ4n) is 1.37. The van der Waals surface area contributed by atoms with Crippen LogP contribution in [-0.4, -0.2) is 50.5 Å². The normalized spacial score (nSPS) is 9.50. The van der Waals surface area contributed by atoms with E-state index < -0.39 is 5.91 Å². The fourth-order valence-corrected chi connectivity index (χ4v) is 1.37. The number of primary amides is 1. The zero-order chi connectivity index (χ0) is 14.3. The highest BCUT2D eigenvalue weighted by Gasteiger charge is 2.09. The van der Waals surface area contributed by atoms with Gasteiger partial charge < -0.3 is 20.7 Å². The Morgan fingerprint density at radius 3 is 2.40 bits per heavy atom. The van der Waals surface area contributed by atoms with Gasteiger partial charge in [-0.2, -0.15) is 0 Å². The molecule has 0 heterocycles. The van der Waals surface area contributed by atoms with Gasteiger partial charge in [-0.25, -0.2) is 0 Å². The van der Waals surface area contributed by atoms with Gasteiger partial charge in [0.15, 0.2) is 6.61 Å². The van der Waals surface area contributed by atoms with Gasteiger partial charge in [0.1, 0.15) is 5.75 Å². The Hall–Kier alpha value is -1.79. The predicted molar refractivity (Wildman–Crippen MR) is 79.3 cm³/mol. The molecule has 112 valence electrons. The number of nitrogens with one attached hydrogen (secondary N) is 1. The van der Waals surface area contributed by atoms with Gasteiger partial charge in [0.2, 0.25) is 5.91 Å². The number of benzene rings is 1. The van der Waals surface area contributed by atoms with Crippen LogP contribution in [-0.2, 0) is 4.79 Å². The van der Waals surface area contributed by atoms with Crippen molar-refractivity contribution in [1.29, 1.82) is 0 Å². The third-order valence-corrected chi connectivity index (χ3v) is 2.62. The fraction of sp³-hybridized carbons (Fsp3) is 0.385. The van der Waals surface area contributed by atoms with Crippen molar-refractivity contribution in [2.45, 2.75) is 0 Å². The van der Waals surface area contributed by atoms with Crippen molar-refractivity contribution in [1.82, 2.24) is 10.2 Å². The number of nitrogens with two attached hydrogens (primary N) is 1. The molecule has 3 N–H and O–H groups in total. The van der Waals surface area contributed by atoms with Crippen molar-refractivity contribution >= 4 is 24.2 Å². The maximum Gasteiger partial charge on any atom is 0.260 e. The highest BCUT2D eigenvalue weighted by atomic mass is 35.5. The summed E-state index contributed by atoms with van der Waals surface area (Å²) in [5.74, 6) is -0.0657. The van der Waals surface area contributed by atoms with Crippen LogP contribution in [0.1, 0.15) is 10.4 Å². The molecule has 0 aliphatic carbocycles. The Kier molecular flexibility index (Phi) is 8.35. The molecule has 20 heavy (non-hydrogen) atoms. The molecule has 0 unspecified atom stereocenters. The van der Waals surface area contributed by atoms with Crippen LogP contribution in [0.5, 0.6) is 5.75 Å². The second-order valence-corrected chi connectivity index (χ2v) is 4.10. The molecule has 1 aromatic carbocycles. The first-order valence-electron chi connectivity index (χ1n) is 5.96. The first kappa shape index (κ1) is 18.2. The predicted octanol–water partition coefficient (Wildman–Crippen LogP) is 0.264. The van der Waals surface area contributed by atoms with Crippen molar-refractivity contribution in [2.75, 3.05) is 33.8 Å². The number of amides is 2. The molecule has 0 aliphatic heterocycles. The average molecular weight is 302 g/mol. The average Bonchev–Trinajstić information content (AvgIpc) is 2.42. The number of carbonyl (C=O) groups excluding carboxylic acids is 2. The highest BCUT2D eigenvalue weighted by molar-refractivity contribution is 5.92. The van der Waals surface area contributed by atoms with Gasteiger partial charge >= 0.3 is 0 Å². The lowest BCUT2D eigenvalue weighted by atomic mass is 10.2. The Balaban J connectivity index is 0.00000361.